The molecule has 0 aromatic heterocycles. The molecule has 0 heterocycles. The molecule has 5 nitrogen and oxygen atoms in total. The van der Waals surface area contributed by atoms with Crippen molar-refractivity contribution in [2.45, 2.75) is 79.2 Å². The second-order valence-electron chi connectivity index (χ2n) is 11.5. The summed E-state index contributed by atoms with van der Waals surface area (Å²) in [7, 11) is -4.53. The molecule has 232 valence electrons. The molecule has 4 rings (SSSR count). The lowest BCUT2D eigenvalue weighted by Crippen LogP contribution is -2.51. The fourth-order valence-electron chi connectivity index (χ4n) is 6.32. The Morgan fingerprint density at radius 3 is 2.12 bits per heavy atom. The van der Waals surface area contributed by atoms with Crippen LogP contribution >= 0.6 is 0 Å². The Balaban J connectivity index is 1.86. The van der Waals surface area contributed by atoms with Gasteiger partial charge in [-0.25, -0.2) is 17.2 Å². The number of aryl methyl sites for hydroxylation is 1. The number of aliphatic hydroxyl groups is 1. The summed E-state index contributed by atoms with van der Waals surface area (Å²) >= 11 is 0. The van der Waals surface area contributed by atoms with Crippen molar-refractivity contribution in [3.05, 3.63) is 65.0 Å². The molecule has 0 spiro atoms. The molecule has 2 N–H and O–H groups in total. The van der Waals surface area contributed by atoms with Gasteiger partial charge in [0.25, 0.3) is 0 Å². The molecule has 0 radical (unpaired) electrons. The molecule has 0 saturated heterocycles. The minimum absolute atomic E-state index is 0.0127. The zero-order chi connectivity index (χ0) is 31.5. The van der Waals surface area contributed by atoms with Crippen molar-refractivity contribution in [2.75, 3.05) is 6.54 Å². The lowest BCUT2D eigenvalue weighted by molar-refractivity contribution is -0.348. The van der Waals surface area contributed by atoms with Crippen LogP contribution in [0.4, 0.5) is 35.1 Å². The summed E-state index contributed by atoms with van der Waals surface area (Å²) in [6, 6.07) is 5.26. The van der Waals surface area contributed by atoms with Crippen molar-refractivity contribution in [3.8, 4) is 0 Å². The molecule has 14 heteroatoms. The topological polar surface area (TPSA) is 83.5 Å². The zero-order valence-electron chi connectivity index (χ0n) is 22.5. The third-order valence-corrected chi connectivity index (χ3v) is 10.9. The Kier molecular flexibility index (Phi) is 8.01. The third kappa shape index (κ3) is 5.18. The predicted molar refractivity (Wildman–Crippen MR) is 135 cm³/mol. The van der Waals surface area contributed by atoms with E-state index in [2.05, 4.69) is 5.32 Å². The monoisotopic (exact) mass is 627 g/mol. The first kappa shape index (κ1) is 32.2. The summed E-state index contributed by atoms with van der Waals surface area (Å²) in [5.41, 5.74) is -8.86. The van der Waals surface area contributed by atoms with Crippen molar-refractivity contribution in [3.63, 3.8) is 0 Å². The Morgan fingerprint density at radius 2 is 1.57 bits per heavy atom. The molecular weight excluding hydrogens is 598 g/mol. The van der Waals surface area contributed by atoms with Crippen LogP contribution in [0.2, 0.25) is 0 Å². The first-order valence-electron chi connectivity index (χ1n) is 13.1. The van der Waals surface area contributed by atoms with E-state index in [-0.39, 0.29) is 54.7 Å². The molecule has 0 aliphatic heterocycles. The lowest BCUT2D eigenvalue weighted by Gasteiger charge is -2.42. The molecule has 2 aromatic rings. The number of halogens is 8. The van der Waals surface area contributed by atoms with E-state index in [0.29, 0.717) is 12.1 Å². The number of nitrogens with one attached hydrogen (secondary N) is 1. The van der Waals surface area contributed by atoms with Crippen molar-refractivity contribution < 1.29 is 53.4 Å². The number of rotatable bonds is 7. The molecule has 2 aliphatic carbocycles. The Hall–Kier alpha value is -2.74. The zero-order valence-corrected chi connectivity index (χ0v) is 23.4. The maximum Gasteiger partial charge on any atom is 0.435 e. The first-order valence-corrected chi connectivity index (χ1v) is 14.6. The standard InChI is InChI=1S/C28H29F8NO4S/c1-24(2,39)13-14-37-23(38)20-11-12-25(42(40,41)19-7-5-18(29)6-8-19)21-10-4-17(15-16(21)3-9-22(20)25)26(30,27(31,32)33)28(34,35)36/h4-8,10,15,20,22,39H,3,9,11-14H2,1-2H3,(H,37,38)/t20-,22+,25-/m1/s1. The van der Waals surface area contributed by atoms with Crippen molar-refractivity contribution in [1.29, 1.82) is 0 Å². The number of carbonyl (C=O) groups is 1. The largest absolute Gasteiger partial charge is 0.435 e. The van der Waals surface area contributed by atoms with Crippen molar-refractivity contribution in [1.82, 2.24) is 5.32 Å². The van der Waals surface area contributed by atoms with Crippen LogP contribution in [0, 0.1) is 17.7 Å². The van der Waals surface area contributed by atoms with Gasteiger partial charge in [-0.05, 0) is 87.3 Å². The van der Waals surface area contributed by atoms with E-state index < -0.39 is 67.3 Å². The summed E-state index contributed by atoms with van der Waals surface area (Å²) < 4.78 is 136. The van der Waals surface area contributed by atoms with Crippen molar-refractivity contribution in [2.24, 2.45) is 11.8 Å². The highest BCUT2D eigenvalue weighted by Crippen LogP contribution is 2.60. The number of carbonyl (C=O) groups excluding carboxylic acids is 1. The number of hydrogen-bond donors (Lipinski definition) is 2. The van der Waals surface area contributed by atoms with Crippen LogP contribution in [0.5, 0.6) is 0 Å². The molecule has 1 amide bonds. The first-order chi connectivity index (χ1) is 19.2. The van der Waals surface area contributed by atoms with E-state index in [9.17, 15) is 53.4 Å². The van der Waals surface area contributed by atoms with E-state index >= 15 is 0 Å². The molecule has 2 aromatic carbocycles. The van der Waals surface area contributed by atoms with Gasteiger partial charge in [-0.1, -0.05) is 18.2 Å². The van der Waals surface area contributed by atoms with Gasteiger partial charge < -0.3 is 10.4 Å². The van der Waals surface area contributed by atoms with Gasteiger partial charge in [0.15, 0.2) is 9.84 Å². The van der Waals surface area contributed by atoms with Crippen LogP contribution in [0.25, 0.3) is 0 Å². The van der Waals surface area contributed by atoms with E-state index in [1.54, 1.807) is 0 Å². The molecule has 0 unspecified atom stereocenters. The Labute approximate surface area is 237 Å². The number of sulfone groups is 1. The van der Waals surface area contributed by atoms with Crippen LogP contribution < -0.4 is 5.32 Å². The van der Waals surface area contributed by atoms with Gasteiger partial charge in [-0.2, -0.15) is 26.3 Å². The van der Waals surface area contributed by atoms with Gasteiger partial charge in [0.05, 0.1) is 10.5 Å². The molecule has 42 heavy (non-hydrogen) atoms. The fourth-order valence-corrected chi connectivity index (χ4v) is 8.79. The van der Waals surface area contributed by atoms with E-state index in [4.69, 9.17) is 0 Å². The highest BCUT2D eigenvalue weighted by atomic mass is 32.2. The van der Waals surface area contributed by atoms with Gasteiger partial charge in [-0.15, -0.1) is 0 Å². The molecule has 0 bridgehead atoms. The van der Waals surface area contributed by atoms with Gasteiger partial charge in [0.2, 0.25) is 5.91 Å². The maximum absolute atomic E-state index is 14.9. The highest BCUT2D eigenvalue weighted by Gasteiger charge is 2.74. The summed E-state index contributed by atoms with van der Waals surface area (Å²) in [5.74, 6) is -3.11. The van der Waals surface area contributed by atoms with Gasteiger partial charge >= 0.3 is 18.0 Å². The number of benzene rings is 2. The quantitative estimate of drug-likeness (QED) is 0.290. The lowest BCUT2D eigenvalue weighted by atomic mass is 9.72. The van der Waals surface area contributed by atoms with Crippen LogP contribution in [0.15, 0.2) is 47.4 Å². The van der Waals surface area contributed by atoms with E-state index in [0.717, 1.165) is 30.3 Å². The van der Waals surface area contributed by atoms with Crippen LogP contribution in [0.1, 0.15) is 56.2 Å². The second kappa shape index (κ2) is 10.5. The molecular formula is C28H29F8NO4S. The Bertz CT molecular complexity index is 1430. The number of fused-ring (bicyclic) bond motifs is 3. The number of hydrogen-bond acceptors (Lipinski definition) is 4. The number of amides is 1. The van der Waals surface area contributed by atoms with Crippen LogP contribution in [-0.2, 0) is 31.5 Å². The van der Waals surface area contributed by atoms with Gasteiger partial charge in [-0.3, -0.25) is 4.79 Å². The second-order valence-corrected chi connectivity index (χ2v) is 13.7. The van der Waals surface area contributed by atoms with Gasteiger partial charge in [0.1, 0.15) is 10.6 Å². The highest BCUT2D eigenvalue weighted by molar-refractivity contribution is 7.92. The van der Waals surface area contributed by atoms with Crippen LogP contribution in [0.3, 0.4) is 0 Å². The fraction of sp³-hybridized carbons (Fsp3) is 0.536. The average Bonchev–Trinajstić information content (AvgIpc) is 3.28. The minimum Gasteiger partial charge on any atom is -0.390 e. The summed E-state index contributed by atoms with van der Waals surface area (Å²) in [6.07, 6.45) is -13.1. The van der Waals surface area contributed by atoms with Gasteiger partial charge in [0, 0.05) is 18.0 Å². The molecule has 1 fully saturated rings. The number of alkyl halides is 7. The van der Waals surface area contributed by atoms with E-state index in [1.165, 1.54) is 13.8 Å². The summed E-state index contributed by atoms with van der Waals surface area (Å²) in [5, 5.41) is 12.6. The third-order valence-electron chi connectivity index (χ3n) is 8.35. The van der Waals surface area contributed by atoms with Crippen molar-refractivity contribution >= 4 is 15.7 Å². The molecule has 3 atom stereocenters. The van der Waals surface area contributed by atoms with E-state index in [1.807, 2.05) is 0 Å². The predicted octanol–water partition coefficient (Wildman–Crippen LogP) is 6.03. The minimum atomic E-state index is -6.35. The molecule has 2 aliphatic rings. The average molecular weight is 628 g/mol. The summed E-state index contributed by atoms with van der Waals surface area (Å²) in [6.45, 7) is 3.13. The molecule has 1 saturated carbocycles. The summed E-state index contributed by atoms with van der Waals surface area (Å²) in [4.78, 5) is 12.9. The maximum atomic E-state index is 14.9. The normalized spacial score (nSPS) is 23.3. The van der Waals surface area contributed by atoms with Crippen LogP contribution in [-0.4, -0.2) is 43.9 Å². The smallest absolute Gasteiger partial charge is 0.390 e. The SMILES string of the molecule is CC(C)(O)CCNC(=O)[C@@H]1CC[C@@]2(S(=O)(=O)c3ccc(F)cc3)c3ccc(C(F)(C(F)(F)F)C(F)(F)F)cc3CC[C@@H]12. The Morgan fingerprint density at radius 1 is 0.976 bits per heavy atom.